The molecule has 3 aromatic rings. The Labute approximate surface area is 173 Å². The maximum absolute atomic E-state index is 13.4. The Morgan fingerprint density at radius 3 is 2.45 bits per heavy atom. The maximum Gasteiger partial charge on any atom is 0.434 e. The first kappa shape index (κ1) is 20.9. The number of hydrazone groups is 1. The van der Waals surface area contributed by atoms with Gasteiger partial charge in [0.15, 0.2) is 5.69 Å². The highest BCUT2D eigenvalue weighted by molar-refractivity contribution is 7.19. The van der Waals surface area contributed by atoms with Crippen molar-refractivity contribution in [3.63, 3.8) is 0 Å². The minimum atomic E-state index is -4.60. The predicted molar refractivity (Wildman–Crippen MR) is 108 cm³/mol. The van der Waals surface area contributed by atoms with Crippen molar-refractivity contribution in [1.82, 2.24) is 4.98 Å². The molecule has 0 aliphatic carbocycles. The molecule has 0 fully saturated rings. The summed E-state index contributed by atoms with van der Waals surface area (Å²) in [6.45, 7) is 0. The normalized spacial score (nSPS) is 11.7. The summed E-state index contributed by atoms with van der Waals surface area (Å²) in [6.07, 6.45) is -3.18. The molecule has 10 heteroatoms. The number of rotatable bonds is 6. The van der Waals surface area contributed by atoms with E-state index in [0.717, 1.165) is 11.3 Å². The molecule has 2 aromatic carbocycles. The number of halogens is 4. The van der Waals surface area contributed by atoms with Crippen LogP contribution < -0.4 is 14.9 Å². The number of alkyl halides is 3. The summed E-state index contributed by atoms with van der Waals surface area (Å²) in [6, 6.07) is 11.2. The van der Waals surface area contributed by atoms with Gasteiger partial charge in [0.1, 0.15) is 11.5 Å². The van der Waals surface area contributed by atoms with E-state index in [4.69, 9.17) is 21.1 Å². The molecular formula is C19H15ClF3N3O2S. The van der Waals surface area contributed by atoms with Crippen molar-refractivity contribution in [2.75, 3.05) is 19.6 Å². The first-order valence-corrected chi connectivity index (χ1v) is 9.36. The summed E-state index contributed by atoms with van der Waals surface area (Å²) >= 11 is 6.67. The van der Waals surface area contributed by atoms with E-state index in [-0.39, 0.29) is 10.0 Å². The van der Waals surface area contributed by atoms with Gasteiger partial charge in [-0.05, 0) is 29.8 Å². The summed E-state index contributed by atoms with van der Waals surface area (Å²) < 4.78 is 50.6. The maximum atomic E-state index is 13.4. The number of hydrogen-bond donors (Lipinski definition) is 1. The molecule has 0 radical (unpaired) electrons. The number of methoxy groups -OCH3 is 2. The predicted octanol–water partition coefficient (Wildman–Crippen LogP) is 5.95. The van der Waals surface area contributed by atoms with E-state index in [1.165, 1.54) is 44.7 Å². The Morgan fingerprint density at radius 2 is 1.83 bits per heavy atom. The van der Waals surface area contributed by atoms with Crippen LogP contribution in [0.25, 0.3) is 10.4 Å². The number of benzene rings is 2. The second-order valence-corrected chi connectivity index (χ2v) is 7.11. The van der Waals surface area contributed by atoms with Gasteiger partial charge in [-0.2, -0.15) is 18.3 Å². The summed E-state index contributed by atoms with van der Waals surface area (Å²) in [5.41, 5.74) is 2.55. The molecule has 0 unspecified atom stereocenters. The van der Waals surface area contributed by atoms with Crippen molar-refractivity contribution >= 4 is 34.3 Å². The molecule has 29 heavy (non-hydrogen) atoms. The van der Waals surface area contributed by atoms with Crippen LogP contribution in [-0.4, -0.2) is 25.4 Å². The highest BCUT2D eigenvalue weighted by Crippen LogP contribution is 2.42. The first-order valence-electron chi connectivity index (χ1n) is 8.17. The molecule has 0 bridgehead atoms. The van der Waals surface area contributed by atoms with Gasteiger partial charge in [0, 0.05) is 16.7 Å². The number of anilines is 1. The van der Waals surface area contributed by atoms with Crippen LogP contribution in [0.5, 0.6) is 11.5 Å². The Morgan fingerprint density at radius 1 is 1.10 bits per heavy atom. The third-order valence-corrected chi connectivity index (χ3v) is 5.07. The fourth-order valence-electron chi connectivity index (χ4n) is 2.44. The molecule has 152 valence electrons. The number of aromatic nitrogens is 1. The van der Waals surface area contributed by atoms with E-state index in [2.05, 4.69) is 15.5 Å². The Kier molecular flexibility index (Phi) is 6.29. The van der Waals surface area contributed by atoms with Gasteiger partial charge in [0.05, 0.1) is 25.3 Å². The van der Waals surface area contributed by atoms with Crippen molar-refractivity contribution in [2.45, 2.75) is 6.18 Å². The lowest BCUT2D eigenvalue weighted by molar-refractivity contribution is -0.140. The van der Waals surface area contributed by atoms with Gasteiger partial charge in [0.2, 0.25) is 5.13 Å². The van der Waals surface area contributed by atoms with Crippen LogP contribution in [-0.2, 0) is 6.18 Å². The Hall–Kier alpha value is -2.78. The molecule has 0 spiro atoms. The molecule has 0 amide bonds. The lowest BCUT2D eigenvalue weighted by Crippen LogP contribution is -2.07. The standard InChI is InChI=1S/C19H15ClF3N3O2S/c1-27-14-8-5-12(15(9-14)28-2)10-24-26-18-25-17(19(21,22)23)16(29-18)11-3-6-13(20)7-4-11/h3-10H,1-2H3,(H,25,26)/b24-10+. The van der Waals surface area contributed by atoms with Gasteiger partial charge in [-0.1, -0.05) is 35.1 Å². The van der Waals surface area contributed by atoms with E-state index in [1.54, 1.807) is 18.2 Å². The number of hydrogen-bond acceptors (Lipinski definition) is 6. The van der Waals surface area contributed by atoms with Gasteiger partial charge in [-0.15, -0.1) is 0 Å². The number of nitrogens with one attached hydrogen (secondary N) is 1. The molecule has 0 atom stereocenters. The Bertz CT molecular complexity index is 1020. The SMILES string of the molecule is COc1ccc(/C=N/Nc2nc(C(F)(F)F)c(-c3ccc(Cl)cc3)s2)c(OC)c1. The molecule has 0 aliphatic rings. The van der Waals surface area contributed by atoms with Gasteiger partial charge in [-0.25, -0.2) is 4.98 Å². The lowest BCUT2D eigenvalue weighted by atomic mass is 10.1. The van der Waals surface area contributed by atoms with E-state index in [9.17, 15) is 13.2 Å². The van der Waals surface area contributed by atoms with Crippen molar-refractivity contribution in [1.29, 1.82) is 0 Å². The molecule has 3 rings (SSSR count). The van der Waals surface area contributed by atoms with Crippen molar-refractivity contribution in [3.05, 3.63) is 58.7 Å². The summed E-state index contributed by atoms with van der Waals surface area (Å²) in [5, 5.41) is 4.42. The van der Waals surface area contributed by atoms with E-state index in [1.807, 2.05) is 0 Å². The third-order valence-electron chi connectivity index (χ3n) is 3.81. The monoisotopic (exact) mass is 441 g/mol. The van der Waals surface area contributed by atoms with Crippen LogP contribution in [0.15, 0.2) is 47.6 Å². The summed E-state index contributed by atoms with van der Waals surface area (Å²) in [4.78, 5) is 3.65. The minimum absolute atomic E-state index is 0.00556. The van der Waals surface area contributed by atoms with Crippen molar-refractivity contribution in [2.24, 2.45) is 5.10 Å². The molecule has 5 nitrogen and oxygen atoms in total. The summed E-state index contributed by atoms with van der Waals surface area (Å²) in [5.74, 6) is 1.11. The first-order chi connectivity index (χ1) is 13.8. The van der Waals surface area contributed by atoms with Crippen LogP contribution in [0.2, 0.25) is 5.02 Å². The number of thiazole rings is 1. The lowest BCUT2D eigenvalue weighted by Gasteiger charge is -2.06. The number of ether oxygens (including phenoxy) is 2. The Balaban J connectivity index is 1.87. The third kappa shape index (κ3) is 4.99. The topological polar surface area (TPSA) is 55.7 Å². The van der Waals surface area contributed by atoms with Crippen molar-refractivity contribution in [3.8, 4) is 21.9 Å². The van der Waals surface area contributed by atoms with E-state index >= 15 is 0 Å². The van der Waals surface area contributed by atoms with Gasteiger partial charge in [-0.3, -0.25) is 5.43 Å². The smallest absolute Gasteiger partial charge is 0.434 e. The zero-order valence-corrected chi connectivity index (χ0v) is 16.8. The molecule has 1 aromatic heterocycles. The highest BCUT2D eigenvalue weighted by atomic mass is 35.5. The molecule has 0 aliphatic heterocycles. The molecule has 0 saturated heterocycles. The minimum Gasteiger partial charge on any atom is -0.497 e. The van der Waals surface area contributed by atoms with Crippen LogP contribution in [0.4, 0.5) is 18.3 Å². The van der Waals surface area contributed by atoms with Crippen LogP contribution in [0, 0.1) is 0 Å². The van der Waals surface area contributed by atoms with Crippen molar-refractivity contribution < 1.29 is 22.6 Å². The van der Waals surface area contributed by atoms with Gasteiger partial charge in [0.25, 0.3) is 0 Å². The highest BCUT2D eigenvalue weighted by Gasteiger charge is 2.38. The van der Waals surface area contributed by atoms with E-state index < -0.39 is 11.9 Å². The molecule has 1 heterocycles. The molecule has 0 saturated carbocycles. The van der Waals surface area contributed by atoms with Crippen LogP contribution in [0.3, 0.4) is 0 Å². The average Bonchev–Trinajstić information content (AvgIpc) is 3.13. The zero-order valence-electron chi connectivity index (χ0n) is 15.2. The fraction of sp³-hybridized carbons (Fsp3) is 0.158. The zero-order chi connectivity index (χ0) is 21.0. The quantitative estimate of drug-likeness (QED) is 0.379. The largest absolute Gasteiger partial charge is 0.497 e. The van der Waals surface area contributed by atoms with Crippen LogP contribution in [0.1, 0.15) is 11.3 Å². The molecular weight excluding hydrogens is 427 g/mol. The second-order valence-electron chi connectivity index (χ2n) is 5.68. The number of nitrogens with zero attached hydrogens (tertiary/aromatic N) is 2. The fourth-order valence-corrected chi connectivity index (χ4v) is 3.51. The van der Waals surface area contributed by atoms with Gasteiger partial charge < -0.3 is 9.47 Å². The van der Waals surface area contributed by atoms with E-state index in [0.29, 0.717) is 27.6 Å². The van der Waals surface area contributed by atoms with Gasteiger partial charge >= 0.3 is 6.18 Å². The summed E-state index contributed by atoms with van der Waals surface area (Å²) in [7, 11) is 3.03. The average molecular weight is 442 g/mol. The van der Waals surface area contributed by atoms with Crippen LogP contribution >= 0.6 is 22.9 Å². The molecule has 1 N–H and O–H groups in total. The second kappa shape index (κ2) is 8.71.